The fourth-order valence-corrected chi connectivity index (χ4v) is 3.73. The van der Waals surface area contributed by atoms with E-state index in [0.29, 0.717) is 12.1 Å². The second-order valence-electron chi connectivity index (χ2n) is 6.79. The topological polar surface area (TPSA) is 74.7 Å². The molecule has 0 aliphatic rings. The first-order valence-corrected chi connectivity index (χ1v) is 10.6. The Labute approximate surface area is 166 Å². The lowest BCUT2D eigenvalue weighted by Crippen LogP contribution is -2.38. The van der Waals surface area contributed by atoms with Gasteiger partial charge in [-0.25, -0.2) is 0 Å². The number of anilines is 1. The number of benzene rings is 1. The van der Waals surface area contributed by atoms with Gasteiger partial charge in [0.05, 0.1) is 11.4 Å². The Kier molecular flexibility index (Phi) is 10.8. The maximum Gasteiger partial charge on any atom is 0.323 e. The molecular formula is C21H31NO4S. The molecule has 150 valence electrons. The summed E-state index contributed by atoms with van der Waals surface area (Å²) in [6, 6.07) is 5.57. The van der Waals surface area contributed by atoms with E-state index in [1.54, 1.807) is 0 Å². The van der Waals surface area contributed by atoms with Crippen LogP contribution in [-0.2, 0) is 14.4 Å². The first-order valence-electron chi connectivity index (χ1n) is 9.60. The number of nitrogens with zero attached hydrogens (tertiary/aromatic N) is 1. The highest BCUT2D eigenvalue weighted by atomic mass is 32.2. The molecule has 0 heterocycles. The van der Waals surface area contributed by atoms with Crippen LogP contribution in [0.25, 0.3) is 0 Å². The lowest BCUT2D eigenvalue weighted by atomic mass is 10.1. The van der Waals surface area contributed by atoms with Crippen molar-refractivity contribution in [1.82, 2.24) is 0 Å². The average Bonchev–Trinajstić information content (AvgIpc) is 2.61. The molecule has 1 amide bonds. The number of amides is 1. The monoisotopic (exact) mass is 393 g/mol. The van der Waals surface area contributed by atoms with Crippen molar-refractivity contribution in [3.63, 3.8) is 0 Å². The number of carbonyl (C=O) groups excluding carboxylic acids is 2. The van der Waals surface area contributed by atoms with Crippen LogP contribution in [0, 0.1) is 13.8 Å². The summed E-state index contributed by atoms with van der Waals surface area (Å²) >= 11 is 0.992. The van der Waals surface area contributed by atoms with Gasteiger partial charge in [0.1, 0.15) is 6.54 Å². The van der Waals surface area contributed by atoms with E-state index in [0.717, 1.165) is 42.2 Å². The number of rotatable bonds is 12. The second-order valence-corrected chi connectivity index (χ2v) is 7.83. The number of hydrogen-bond donors (Lipinski definition) is 1. The summed E-state index contributed by atoms with van der Waals surface area (Å²) in [6.45, 7) is 5.46. The van der Waals surface area contributed by atoms with Crippen LogP contribution in [-0.4, -0.2) is 34.4 Å². The van der Waals surface area contributed by atoms with E-state index >= 15 is 0 Å². The van der Waals surface area contributed by atoms with Crippen molar-refractivity contribution in [2.24, 2.45) is 0 Å². The van der Waals surface area contributed by atoms with Crippen molar-refractivity contribution in [3.05, 3.63) is 29.3 Å². The molecule has 0 spiro atoms. The zero-order chi connectivity index (χ0) is 20.2. The Morgan fingerprint density at radius 2 is 1.59 bits per heavy atom. The number of aliphatic carboxylic acids is 1. The van der Waals surface area contributed by atoms with E-state index in [9.17, 15) is 19.5 Å². The van der Waals surface area contributed by atoms with Crippen LogP contribution in [0.4, 0.5) is 5.69 Å². The zero-order valence-corrected chi connectivity index (χ0v) is 17.4. The Bertz CT molecular complexity index is 625. The molecule has 6 heteroatoms. The Morgan fingerprint density at radius 1 is 1.00 bits per heavy atom. The Hall–Kier alpha value is -1.82. The molecular weight excluding hydrogens is 362 g/mol. The van der Waals surface area contributed by atoms with E-state index in [1.807, 2.05) is 32.0 Å². The highest BCUT2D eigenvalue weighted by Gasteiger charge is 2.22. The summed E-state index contributed by atoms with van der Waals surface area (Å²) in [4.78, 5) is 37.2. The largest absolute Gasteiger partial charge is 0.480 e. The summed E-state index contributed by atoms with van der Waals surface area (Å²) < 4.78 is 0. The minimum atomic E-state index is -1.07. The van der Waals surface area contributed by atoms with E-state index in [1.165, 1.54) is 24.2 Å². The van der Waals surface area contributed by atoms with E-state index in [2.05, 4.69) is 6.92 Å². The van der Waals surface area contributed by atoms with Crippen LogP contribution < -0.4 is 4.90 Å². The molecule has 27 heavy (non-hydrogen) atoms. The summed E-state index contributed by atoms with van der Waals surface area (Å²) in [7, 11) is 0. The molecule has 1 rings (SSSR count). The van der Waals surface area contributed by atoms with E-state index < -0.39 is 12.5 Å². The van der Waals surface area contributed by atoms with Crippen LogP contribution in [0.15, 0.2) is 18.2 Å². The number of unbranched alkanes of at least 4 members (excludes halogenated alkanes) is 5. The number of hydrogen-bond acceptors (Lipinski definition) is 4. The van der Waals surface area contributed by atoms with Crippen molar-refractivity contribution in [3.8, 4) is 0 Å². The summed E-state index contributed by atoms with van der Waals surface area (Å²) in [6.07, 6.45) is 7.12. The third-order valence-corrected chi connectivity index (χ3v) is 5.31. The molecule has 0 aromatic heterocycles. The number of carboxylic acids is 1. The molecule has 0 unspecified atom stereocenters. The predicted octanol–water partition coefficient (Wildman–Crippen LogP) is 4.73. The molecule has 0 saturated heterocycles. The molecule has 0 aliphatic heterocycles. The fraction of sp³-hybridized carbons (Fsp3) is 0.571. The SMILES string of the molecule is CCCCCCCCC(=O)SCC(=O)N(CC(=O)O)c1c(C)cccc1C. The minimum absolute atomic E-state index is 0.00405. The van der Waals surface area contributed by atoms with Gasteiger partial charge in [0.2, 0.25) is 5.91 Å². The fourth-order valence-electron chi connectivity index (χ4n) is 3.00. The maximum atomic E-state index is 12.6. The molecule has 5 nitrogen and oxygen atoms in total. The van der Waals surface area contributed by atoms with Crippen LogP contribution in [0.2, 0.25) is 0 Å². The van der Waals surface area contributed by atoms with Crippen molar-refractivity contribution in [1.29, 1.82) is 0 Å². The van der Waals surface area contributed by atoms with Gasteiger partial charge in [0, 0.05) is 6.42 Å². The smallest absolute Gasteiger partial charge is 0.323 e. The molecule has 1 aromatic carbocycles. The predicted molar refractivity (Wildman–Crippen MR) is 111 cm³/mol. The van der Waals surface area contributed by atoms with Gasteiger partial charge in [-0.05, 0) is 31.4 Å². The normalized spacial score (nSPS) is 10.6. The molecule has 0 aliphatic carbocycles. The summed E-state index contributed by atoms with van der Waals surface area (Å²) in [5, 5.41) is 9.19. The Morgan fingerprint density at radius 3 is 2.19 bits per heavy atom. The van der Waals surface area contributed by atoms with Gasteiger partial charge in [-0.1, -0.05) is 69.0 Å². The van der Waals surface area contributed by atoms with Gasteiger partial charge < -0.3 is 5.11 Å². The van der Waals surface area contributed by atoms with Gasteiger partial charge in [-0.15, -0.1) is 0 Å². The summed E-state index contributed by atoms with van der Waals surface area (Å²) in [5.74, 6) is -1.46. The highest BCUT2D eigenvalue weighted by molar-refractivity contribution is 8.14. The van der Waals surface area contributed by atoms with Gasteiger partial charge in [-0.3, -0.25) is 19.3 Å². The van der Waals surface area contributed by atoms with Crippen LogP contribution in [0.3, 0.4) is 0 Å². The van der Waals surface area contributed by atoms with Gasteiger partial charge in [0.15, 0.2) is 5.12 Å². The lowest BCUT2D eigenvalue weighted by Gasteiger charge is -2.24. The number of thioether (sulfide) groups is 1. The van der Waals surface area contributed by atoms with Gasteiger partial charge in [0.25, 0.3) is 0 Å². The number of carbonyl (C=O) groups is 3. The first-order chi connectivity index (χ1) is 12.9. The van der Waals surface area contributed by atoms with Crippen molar-refractivity contribution in [2.75, 3.05) is 17.2 Å². The zero-order valence-electron chi connectivity index (χ0n) is 16.6. The molecule has 0 atom stereocenters. The molecule has 1 aromatic rings. The van der Waals surface area contributed by atoms with Gasteiger partial charge in [-0.2, -0.15) is 0 Å². The molecule has 0 fully saturated rings. The van der Waals surface area contributed by atoms with Crippen molar-refractivity contribution >= 4 is 34.4 Å². The first kappa shape index (κ1) is 23.2. The standard InChI is InChI=1S/C21H31NO4S/c1-4-5-6-7-8-9-13-20(26)27-15-18(23)22(14-19(24)25)21-16(2)11-10-12-17(21)3/h10-12H,4-9,13-15H2,1-3H3,(H,24,25). The third-order valence-electron chi connectivity index (χ3n) is 4.39. The Balaban J connectivity index is 2.57. The molecule has 1 N–H and O–H groups in total. The van der Waals surface area contributed by atoms with Crippen molar-refractivity contribution in [2.45, 2.75) is 65.7 Å². The summed E-state index contributed by atoms with van der Waals surface area (Å²) in [5.41, 5.74) is 2.30. The van der Waals surface area contributed by atoms with E-state index in [4.69, 9.17) is 0 Å². The lowest BCUT2D eigenvalue weighted by molar-refractivity contribution is -0.136. The number of para-hydroxylation sites is 1. The number of carboxylic acid groups (broad SMARTS) is 1. The molecule has 0 radical (unpaired) electrons. The molecule has 0 saturated carbocycles. The van der Waals surface area contributed by atoms with Crippen LogP contribution in [0.5, 0.6) is 0 Å². The van der Waals surface area contributed by atoms with Crippen LogP contribution in [0.1, 0.15) is 63.0 Å². The third kappa shape index (κ3) is 8.61. The van der Waals surface area contributed by atoms with Gasteiger partial charge >= 0.3 is 5.97 Å². The average molecular weight is 394 g/mol. The quantitative estimate of drug-likeness (QED) is 0.520. The molecule has 0 bridgehead atoms. The minimum Gasteiger partial charge on any atom is -0.480 e. The highest BCUT2D eigenvalue weighted by Crippen LogP contribution is 2.25. The number of aryl methyl sites for hydroxylation is 2. The van der Waals surface area contributed by atoms with E-state index in [-0.39, 0.29) is 16.8 Å². The maximum absolute atomic E-state index is 12.6. The van der Waals surface area contributed by atoms with Crippen molar-refractivity contribution < 1.29 is 19.5 Å². The van der Waals surface area contributed by atoms with Crippen LogP contribution >= 0.6 is 11.8 Å². The second kappa shape index (κ2) is 12.5.